The summed E-state index contributed by atoms with van der Waals surface area (Å²) in [4.78, 5) is 23.9. The summed E-state index contributed by atoms with van der Waals surface area (Å²) >= 11 is 0. The summed E-state index contributed by atoms with van der Waals surface area (Å²) in [5, 5.41) is 0. The van der Waals surface area contributed by atoms with Crippen LogP contribution in [0.2, 0.25) is 0 Å². The number of carbonyl (C=O) groups excluding carboxylic acids is 2. The highest BCUT2D eigenvalue weighted by Gasteiger charge is 2.36. The van der Waals surface area contributed by atoms with Crippen LogP contribution in [0.5, 0.6) is 0 Å². The molecule has 1 aliphatic rings. The van der Waals surface area contributed by atoms with Crippen LogP contribution in [0.3, 0.4) is 0 Å². The van der Waals surface area contributed by atoms with E-state index in [0.717, 1.165) is 22.3 Å². The molecule has 0 bridgehead atoms. The van der Waals surface area contributed by atoms with Gasteiger partial charge in [0.25, 0.3) is 0 Å². The maximum atomic E-state index is 12.3. The summed E-state index contributed by atoms with van der Waals surface area (Å²) in [5.41, 5.74) is 4.44. The Balaban J connectivity index is 2.26. The molecular weight excluding hydrogens is 260 g/mol. The highest BCUT2D eigenvalue weighted by Crippen LogP contribution is 2.48. The molecule has 3 rings (SSSR count). The molecule has 0 amide bonds. The lowest BCUT2D eigenvalue weighted by molar-refractivity contribution is -0.120. The van der Waals surface area contributed by atoms with E-state index in [1.807, 2.05) is 30.3 Å². The van der Waals surface area contributed by atoms with Gasteiger partial charge in [-0.05, 0) is 36.1 Å². The highest BCUT2D eigenvalue weighted by atomic mass is 16.1. The molecular formula is C19H18O2. The van der Waals surface area contributed by atoms with Gasteiger partial charge in [-0.1, -0.05) is 48.5 Å². The van der Waals surface area contributed by atoms with Gasteiger partial charge in [-0.15, -0.1) is 0 Å². The molecule has 21 heavy (non-hydrogen) atoms. The van der Waals surface area contributed by atoms with Crippen molar-refractivity contribution in [1.82, 2.24) is 0 Å². The van der Waals surface area contributed by atoms with Crippen LogP contribution in [0, 0.1) is 0 Å². The highest BCUT2D eigenvalue weighted by molar-refractivity contribution is 5.92. The Labute approximate surface area is 124 Å². The summed E-state index contributed by atoms with van der Waals surface area (Å²) in [5.74, 6) is -0.0188. The van der Waals surface area contributed by atoms with Gasteiger partial charge in [0.15, 0.2) is 0 Å². The van der Waals surface area contributed by atoms with Crippen LogP contribution >= 0.6 is 0 Å². The molecule has 0 aliphatic heterocycles. The zero-order chi connectivity index (χ0) is 15.0. The number of hydrogen-bond donors (Lipinski definition) is 0. The molecule has 2 aromatic rings. The summed E-state index contributed by atoms with van der Waals surface area (Å²) in [6.45, 7) is 3.23. The van der Waals surface area contributed by atoms with Crippen LogP contribution in [0.1, 0.15) is 43.2 Å². The first-order valence-electron chi connectivity index (χ1n) is 7.27. The normalized spacial score (nSPS) is 19.5. The van der Waals surface area contributed by atoms with E-state index in [2.05, 4.69) is 18.2 Å². The van der Waals surface area contributed by atoms with E-state index in [0.29, 0.717) is 6.42 Å². The van der Waals surface area contributed by atoms with Crippen molar-refractivity contribution < 1.29 is 9.59 Å². The first-order valence-corrected chi connectivity index (χ1v) is 7.27. The van der Waals surface area contributed by atoms with E-state index in [1.54, 1.807) is 13.8 Å². The van der Waals surface area contributed by atoms with Gasteiger partial charge in [-0.25, -0.2) is 0 Å². The quantitative estimate of drug-likeness (QED) is 0.847. The zero-order valence-electron chi connectivity index (χ0n) is 12.3. The smallest absolute Gasteiger partial charge is 0.137 e. The molecule has 0 spiro atoms. The molecule has 2 nitrogen and oxygen atoms in total. The van der Waals surface area contributed by atoms with Gasteiger partial charge in [0, 0.05) is 12.3 Å². The van der Waals surface area contributed by atoms with Gasteiger partial charge in [0.05, 0.1) is 5.92 Å². The molecule has 0 aromatic heterocycles. The van der Waals surface area contributed by atoms with Crippen LogP contribution < -0.4 is 0 Å². The summed E-state index contributed by atoms with van der Waals surface area (Å²) in [6, 6.07) is 16.2. The maximum Gasteiger partial charge on any atom is 0.137 e. The van der Waals surface area contributed by atoms with E-state index in [9.17, 15) is 9.59 Å². The van der Waals surface area contributed by atoms with Gasteiger partial charge >= 0.3 is 0 Å². The second-order valence-electron chi connectivity index (χ2n) is 5.78. The summed E-state index contributed by atoms with van der Waals surface area (Å²) < 4.78 is 0. The molecule has 0 N–H and O–H groups in total. The molecule has 106 valence electrons. The first-order chi connectivity index (χ1) is 10.1. The first kappa shape index (κ1) is 13.7. The minimum Gasteiger partial charge on any atom is -0.300 e. The van der Waals surface area contributed by atoms with Gasteiger partial charge < -0.3 is 4.79 Å². The molecule has 2 atom stereocenters. The molecule has 0 fully saturated rings. The largest absolute Gasteiger partial charge is 0.300 e. The van der Waals surface area contributed by atoms with E-state index in [1.165, 1.54) is 0 Å². The number of carbonyl (C=O) groups is 2. The van der Waals surface area contributed by atoms with Crippen molar-refractivity contribution in [2.45, 2.75) is 32.1 Å². The second kappa shape index (κ2) is 5.28. The van der Waals surface area contributed by atoms with Gasteiger partial charge in [0.2, 0.25) is 0 Å². The average molecular weight is 278 g/mol. The molecule has 0 radical (unpaired) electrons. The van der Waals surface area contributed by atoms with Gasteiger partial charge in [-0.3, -0.25) is 4.79 Å². The summed E-state index contributed by atoms with van der Waals surface area (Å²) in [6.07, 6.45) is 0.412. The fraction of sp³-hybridized carbons (Fsp3) is 0.263. The molecule has 0 heterocycles. The molecule has 0 unspecified atom stereocenters. The van der Waals surface area contributed by atoms with Crippen molar-refractivity contribution in [1.29, 1.82) is 0 Å². The van der Waals surface area contributed by atoms with Gasteiger partial charge in [-0.2, -0.15) is 0 Å². The lowest BCUT2D eigenvalue weighted by Gasteiger charge is -2.33. The number of benzene rings is 2. The lowest BCUT2D eigenvalue weighted by atomic mass is 9.68. The van der Waals surface area contributed by atoms with Gasteiger partial charge in [0.1, 0.15) is 11.6 Å². The van der Waals surface area contributed by atoms with Crippen molar-refractivity contribution in [3.05, 3.63) is 59.7 Å². The van der Waals surface area contributed by atoms with E-state index < -0.39 is 0 Å². The lowest BCUT2D eigenvalue weighted by Crippen LogP contribution is -2.24. The van der Waals surface area contributed by atoms with Crippen LogP contribution in [-0.2, 0) is 9.59 Å². The molecule has 1 aliphatic carbocycles. The Morgan fingerprint density at radius 3 is 1.95 bits per heavy atom. The Morgan fingerprint density at radius 1 is 0.857 bits per heavy atom. The predicted octanol–water partition coefficient (Wildman–Crippen LogP) is 4.10. The molecule has 2 heteroatoms. The predicted molar refractivity (Wildman–Crippen MR) is 83.3 cm³/mol. The molecule has 2 aromatic carbocycles. The Kier molecular flexibility index (Phi) is 3.46. The van der Waals surface area contributed by atoms with Crippen molar-refractivity contribution in [3.63, 3.8) is 0 Å². The van der Waals surface area contributed by atoms with Crippen LogP contribution in [0.15, 0.2) is 48.5 Å². The Hall–Kier alpha value is -2.22. The van der Waals surface area contributed by atoms with E-state index in [4.69, 9.17) is 0 Å². The fourth-order valence-electron chi connectivity index (χ4n) is 3.52. The SMILES string of the molecule is CC(=O)C[C@H]1c2ccccc2-c2ccccc2[C@H]1C(C)=O. The second-order valence-corrected chi connectivity index (χ2v) is 5.78. The number of rotatable bonds is 3. The third-order valence-corrected chi connectivity index (χ3v) is 4.29. The van der Waals surface area contributed by atoms with Crippen molar-refractivity contribution in [3.8, 4) is 11.1 Å². The summed E-state index contributed by atoms with van der Waals surface area (Å²) in [7, 11) is 0. The standard InChI is InChI=1S/C19H18O2/c1-12(20)11-18-16-9-4-3-7-14(16)15-8-5-6-10-17(15)19(18)13(2)21/h3-10,18-19H,11H2,1-2H3/t18-,19+/m0/s1. The topological polar surface area (TPSA) is 34.1 Å². The third kappa shape index (κ3) is 2.31. The van der Waals surface area contributed by atoms with Crippen LogP contribution in [0.25, 0.3) is 11.1 Å². The number of ketones is 2. The van der Waals surface area contributed by atoms with Crippen LogP contribution in [0.4, 0.5) is 0 Å². The zero-order valence-corrected chi connectivity index (χ0v) is 12.3. The Bertz CT molecular complexity index is 715. The molecule has 0 saturated carbocycles. The monoisotopic (exact) mass is 278 g/mol. The van der Waals surface area contributed by atoms with Crippen molar-refractivity contribution >= 4 is 11.6 Å². The minimum absolute atomic E-state index is 0.0499. The van der Waals surface area contributed by atoms with Crippen LogP contribution in [-0.4, -0.2) is 11.6 Å². The third-order valence-electron chi connectivity index (χ3n) is 4.29. The number of hydrogen-bond acceptors (Lipinski definition) is 2. The number of Topliss-reactive ketones (excluding diaryl/α,β-unsaturated/α-hetero) is 2. The fourth-order valence-corrected chi connectivity index (χ4v) is 3.52. The Morgan fingerprint density at radius 2 is 1.38 bits per heavy atom. The van der Waals surface area contributed by atoms with Crippen molar-refractivity contribution in [2.24, 2.45) is 0 Å². The molecule has 0 saturated heterocycles. The van der Waals surface area contributed by atoms with Crippen molar-refractivity contribution in [2.75, 3.05) is 0 Å². The minimum atomic E-state index is -0.222. The number of fused-ring (bicyclic) bond motifs is 3. The van der Waals surface area contributed by atoms with E-state index >= 15 is 0 Å². The van der Waals surface area contributed by atoms with E-state index in [-0.39, 0.29) is 23.4 Å². The maximum absolute atomic E-state index is 12.3. The average Bonchev–Trinajstić information content (AvgIpc) is 2.46.